The van der Waals surface area contributed by atoms with Gasteiger partial charge in [-0.2, -0.15) is 0 Å². The molecule has 1 amide bonds. The van der Waals surface area contributed by atoms with E-state index in [2.05, 4.69) is 0 Å². The molecule has 27 heavy (non-hydrogen) atoms. The van der Waals surface area contributed by atoms with Crippen molar-refractivity contribution in [3.05, 3.63) is 0 Å². The molecule has 0 heterocycles. The lowest BCUT2D eigenvalue weighted by atomic mass is 9.97. The average molecular weight is 388 g/mol. The van der Waals surface area contributed by atoms with Crippen LogP contribution < -0.4 is 0 Å². The Bertz CT molecular complexity index is 427. The quantitative estimate of drug-likeness (QED) is 0.336. The normalized spacial score (nSPS) is 12.0. The molecule has 0 saturated heterocycles. The predicted molar refractivity (Wildman–Crippen MR) is 104 cm³/mol. The molecule has 0 aromatic carbocycles. The molecule has 0 aromatic heterocycles. The van der Waals surface area contributed by atoms with E-state index in [4.69, 9.17) is 14.2 Å². The predicted octanol–water partition coefficient (Wildman–Crippen LogP) is 2.26. The van der Waals surface area contributed by atoms with Gasteiger partial charge in [-0.05, 0) is 26.2 Å². The molecule has 1 unspecified atom stereocenters. The number of ether oxygens (including phenoxy) is 3. The highest BCUT2D eigenvalue weighted by Gasteiger charge is 2.14. The maximum absolute atomic E-state index is 11.8. The van der Waals surface area contributed by atoms with Crippen LogP contribution in [-0.4, -0.2) is 75.6 Å². The number of unbranched alkanes of at least 4 members (excludes halogenated alkanes) is 1. The van der Waals surface area contributed by atoms with Gasteiger partial charge in [0.25, 0.3) is 0 Å². The standard InChI is InChI=1S/C20H37NO6/c1-17(16-18(2)22)20(24)8-7-12-27-15-14-26-11-6-5-10-25-13-9-21(4)19(3)23/h17H,5-16H2,1-4H3. The van der Waals surface area contributed by atoms with Crippen LogP contribution in [0, 0.1) is 5.92 Å². The van der Waals surface area contributed by atoms with Crippen LogP contribution in [0.4, 0.5) is 0 Å². The minimum Gasteiger partial charge on any atom is -0.380 e. The number of carbonyl (C=O) groups excluding carboxylic acids is 3. The van der Waals surface area contributed by atoms with Gasteiger partial charge in [0.15, 0.2) is 0 Å². The van der Waals surface area contributed by atoms with Gasteiger partial charge in [0.1, 0.15) is 11.6 Å². The molecular formula is C20H37NO6. The van der Waals surface area contributed by atoms with E-state index in [0.29, 0.717) is 65.4 Å². The van der Waals surface area contributed by atoms with Crippen LogP contribution >= 0.6 is 0 Å². The topological polar surface area (TPSA) is 82.1 Å². The first-order chi connectivity index (χ1) is 12.8. The van der Waals surface area contributed by atoms with E-state index in [1.165, 1.54) is 13.8 Å². The van der Waals surface area contributed by atoms with Crippen LogP contribution in [-0.2, 0) is 28.6 Å². The summed E-state index contributed by atoms with van der Waals surface area (Å²) in [6, 6.07) is 0. The van der Waals surface area contributed by atoms with Crippen molar-refractivity contribution in [3.63, 3.8) is 0 Å². The first-order valence-corrected chi connectivity index (χ1v) is 9.81. The molecular weight excluding hydrogens is 350 g/mol. The maximum atomic E-state index is 11.8. The van der Waals surface area contributed by atoms with Crippen molar-refractivity contribution in [3.8, 4) is 0 Å². The largest absolute Gasteiger partial charge is 0.380 e. The molecule has 0 N–H and O–H groups in total. The zero-order valence-electron chi connectivity index (χ0n) is 17.5. The lowest BCUT2D eigenvalue weighted by molar-refractivity contribution is -0.128. The van der Waals surface area contributed by atoms with E-state index in [9.17, 15) is 14.4 Å². The number of amides is 1. The highest BCUT2D eigenvalue weighted by Crippen LogP contribution is 2.08. The second kappa shape index (κ2) is 16.8. The summed E-state index contributed by atoms with van der Waals surface area (Å²) < 4.78 is 16.4. The molecule has 0 rings (SSSR count). The summed E-state index contributed by atoms with van der Waals surface area (Å²) in [5, 5.41) is 0. The number of Topliss-reactive ketones (excluding diaryl/α,β-unsaturated/α-hetero) is 2. The van der Waals surface area contributed by atoms with Crippen LogP contribution in [0.25, 0.3) is 0 Å². The summed E-state index contributed by atoms with van der Waals surface area (Å²) in [4.78, 5) is 35.4. The summed E-state index contributed by atoms with van der Waals surface area (Å²) in [5.41, 5.74) is 0. The average Bonchev–Trinajstić information content (AvgIpc) is 2.60. The molecule has 0 bridgehead atoms. The monoisotopic (exact) mass is 387 g/mol. The highest BCUT2D eigenvalue weighted by atomic mass is 16.5. The third-order valence-corrected chi connectivity index (χ3v) is 4.16. The zero-order valence-corrected chi connectivity index (χ0v) is 17.5. The van der Waals surface area contributed by atoms with Gasteiger partial charge in [-0.15, -0.1) is 0 Å². The number of carbonyl (C=O) groups is 3. The fourth-order valence-corrected chi connectivity index (χ4v) is 2.33. The summed E-state index contributed by atoms with van der Waals surface area (Å²) in [5.74, 6) is 0.0322. The van der Waals surface area contributed by atoms with Crippen molar-refractivity contribution >= 4 is 17.5 Å². The van der Waals surface area contributed by atoms with Gasteiger partial charge in [0.2, 0.25) is 5.91 Å². The molecule has 0 aliphatic carbocycles. The molecule has 1 atom stereocenters. The van der Waals surface area contributed by atoms with E-state index < -0.39 is 0 Å². The number of ketones is 2. The molecule has 0 aliphatic heterocycles. The van der Waals surface area contributed by atoms with Crippen molar-refractivity contribution < 1.29 is 28.6 Å². The van der Waals surface area contributed by atoms with Gasteiger partial charge in [-0.25, -0.2) is 0 Å². The summed E-state index contributed by atoms with van der Waals surface area (Å²) in [6.45, 7) is 8.95. The number of hydrogen-bond donors (Lipinski definition) is 0. The second-order valence-electron chi connectivity index (χ2n) is 6.86. The molecule has 0 radical (unpaired) electrons. The Hall–Kier alpha value is -1.31. The van der Waals surface area contributed by atoms with Gasteiger partial charge in [-0.1, -0.05) is 6.92 Å². The Labute approximate surface area is 163 Å². The second-order valence-corrected chi connectivity index (χ2v) is 6.86. The van der Waals surface area contributed by atoms with E-state index in [-0.39, 0.29) is 23.4 Å². The van der Waals surface area contributed by atoms with Crippen LogP contribution in [0.2, 0.25) is 0 Å². The zero-order chi connectivity index (χ0) is 20.5. The minimum absolute atomic E-state index is 0.0448. The maximum Gasteiger partial charge on any atom is 0.219 e. The van der Waals surface area contributed by atoms with Crippen molar-refractivity contribution in [2.45, 2.75) is 52.9 Å². The molecule has 0 spiro atoms. The van der Waals surface area contributed by atoms with Crippen molar-refractivity contribution in [1.29, 1.82) is 0 Å². The van der Waals surface area contributed by atoms with Crippen LogP contribution in [0.1, 0.15) is 52.9 Å². The molecule has 0 aromatic rings. The Kier molecular flexibility index (Phi) is 16.0. The summed E-state index contributed by atoms with van der Waals surface area (Å²) in [6.07, 6.45) is 3.30. The molecule has 158 valence electrons. The van der Waals surface area contributed by atoms with Gasteiger partial charge in [0, 0.05) is 59.1 Å². The first-order valence-electron chi connectivity index (χ1n) is 9.81. The van der Waals surface area contributed by atoms with E-state index in [1.807, 2.05) is 0 Å². The Balaban J connectivity index is 3.28. The fourth-order valence-electron chi connectivity index (χ4n) is 2.33. The Morgan fingerprint density at radius 2 is 1.33 bits per heavy atom. The fraction of sp³-hybridized carbons (Fsp3) is 0.850. The molecule has 0 aliphatic rings. The number of rotatable bonds is 18. The van der Waals surface area contributed by atoms with Crippen LogP contribution in [0.15, 0.2) is 0 Å². The SMILES string of the molecule is CC(=O)CC(C)C(=O)CCCOCCOCCCCOCCN(C)C(C)=O. The minimum atomic E-state index is -0.190. The molecule has 0 saturated carbocycles. The van der Waals surface area contributed by atoms with Crippen LogP contribution in [0.5, 0.6) is 0 Å². The molecule has 7 heteroatoms. The van der Waals surface area contributed by atoms with E-state index in [0.717, 1.165) is 12.8 Å². The van der Waals surface area contributed by atoms with Crippen molar-refractivity contribution in [2.75, 3.05) is 53.2 Å². The number of likely N-dealkylation sites (N-methyl/N-ethyl adjacent to an activating group) is 1. The number of hydrogen-bond acceptors (Lipinski definition) is 6. The van der Waals surface area contributed by atoms with Crippen molar-refractivity contribution in [2.24, 2.45) is 5.92 Å². The van der Waals surface area contributed by atoms with Gasteiger partial charge in [-0.3, -0.25) is 9.59 Å². The molecule has 7 nitrogen and oxygen atoms in total. The van der Waals surface area contributed by atoms with Crippen molar-refractivity contribution in [1.82, 2.24) is 4.90 Å². The summed E-state index contributed by atoms with van der Waals surface area (Å²) in [7, 11) is 1.76. The highest BCUT2D eigenvalue weighted by molar-refractivity contribution is 5.86. The van der Waals surface area contributed by atoms with Crippen LogP contribution in [0.3, 0.4) is 0 Å². The lowest BCUT2D eigenvalue weighted by Gasteiger charge is -2.14. The van der Waals surface area contributed by atoms with Gasteiger partial charge in [0.05, 0.1) is 19.8 Å². The number of nitrogens with zero attached hydrogens (tertiary/aromatic N) is 1. The smallest absolute Gasteiger partial charge is 0.219 e. The Morgan fingerprint density at radius 1 is 0.815 bits per heavy atom. The third kappa shape index (κ3) is 16.6. The molecule has 0 fully saturated rings. The van der Waals surface area contributed by atoms with E-state index >= 15 is 0 Å². The van der Waals surface area contributed by atoms with Gasteiger partial charge < -0.3 is 23.9 Å². The third-order valence-electron chi connectivity index (χ3n) is 4.16. The van der Waals surface area contributed by atoms with E-state index in [1.54, 1.807) is 18.9 Å². The first kappa shape index (κ1) is 25.7. The lowest BCUT2D eigenvalue weighted by Crippen LogP contribution is -2.27. The Morgan fingerprint density at radius 3 is 1.85 bits per heavy atom. The summed E-state index contributed by atoms with van der Waals surface area (Å²) >= 11 is 0. The van der Waals surface area contributed by atoms with Gasteiger partial charge >= 0.3 is 0 Å².